The zero-order valence-corrected chi connectivity index (χ0v) is 37.5. The molecule has 0 atom stereocenters. The zero-order chi connectivity index (χ0) is 45.2. The molecule has 0 N–H and O–H groups in total. The number of nitrogens with zero attached hydrogens (tertiary/aromatic N) is 5. The van der Waals surface area contributed by atoms with Gasteiger partial charge >= 0.3 is 0 Å². The third-order valence-electron chi connectivity index (χ3n) is 13.6. The predicted molar refractivity (Wildman–Crippen MR) is 287 cm³/mol. The number of pyridine rings is 1. The van der Waals surface area contributed by atoms with Crippen LogP contribution in [0.3, 0.4) is 0 Å². The molecule has 0 aliphatic heterocycles. The van der Waals surface area contributed by atoms with Gasteiger partial charge in [-0.25, -0.2) is 15.0 Å². The van der Waals surface area contributed by atoms with Gasteiger partial charge in [0, 0.05) is 62.0 Å². The number of rotatable bonds is 6. The molecule has 0 saturated heterocycles. The van der Waals surface area contributed by atoms with Crippen molar-refractivity contribution < 1.29 is 8.83 Å². The smallest absolute Gasteiger partial charge is 0.235 e. The minimum absolute atomic E-state index is 0.550. The molecular formula is C61H35N5O2S. The first-order chi connectivity index (χ1) is 34.1. The summed E-state index contributed by atoms with van der Waals surface area (Å²) in [5.41, 5.74) is 7.10. The first-order valence-electron chi connectivity index (χ1n) is 23.0. The molecule has 0 bridgehead atoms. The third kappa shape index (κ3) is 6.09. The van der Waals surface area contributed by atoms with E-state index >= 15 is 0 Å². The summed E-state index contributed by atoms with van der Waals surface area (Å²) >= 11 is 1.57. The lowest BCUT2D eigenvalue weighted by molar-refractivity contribution is 0.668. The summed E-state index contributed by atoms with van der Waals surface area (Å²) in [6.07, 6.45) is 1.94. The Morgan fingerprint density at radius 1 is 0.319 bits per heavy atom. The van der Waals surface area contributed by atoms with E-state index in [4.69, 9.17) is 23.8 Å². The summed E-state index contributed by atoms with van der Waals surface area (Å²) in [5.74, 6) is 1.33. The minimum atomic E-state index is 0.550. The van der Waals surface area contributed by atoms with Crippen LogP contribution in [0.2, 0.25) is 0 Å². The summed E-state index contributed by atoms with van der Waals surface area (Å²) in [7, 11) is 0. The van der Waals surface area contributed by atoms with E-state index in [0.717, 1.165) is 109 Å². The lowest BCUT2D eigenvalue weighted by Gasteiger charge is -2.24. The molecule has 15 aromatic rings. The van der Waals surface area contributed by atoms with Gasteiger partial charge in [0.2, 0.25) is 5.95 Å². The van der Waals surface area contributed by atoms with Gasteiger partial charge in [-0.3, -0.25) is 9.80 Å². The highest BCUT2D eigenvalue weighted by Crippen LogP contribution is 2.44. The molecule has 0 unspecified atom stereocenters. The Labute approximate surface area is 397 Å². The van der Waals surface area contributed by atoms with E-state index in [1.54, 1.807) is 11.3 Å². The Hall–Kier alpha value is -9.11. The van der Waals surface area contributed by atoms with Crippen LogP contribution < -0.4 is 9.80 Å². The summed E-state index contributed by atoms with van der Waals surface area (Å²) < 4.78 is 12.9. The molecule has 0 aliphatic rings. The Bertz CT molecular complexity index is 4320. The third-order valence-corrected chi connectivity index (χ3v) is 14.6. The lowest BCUT2D eigenvalue weighted by Crippen LogP contribution is -2.13. The molecule has 5 aromatic heterocycles. The standard InChI is InChI=1S/C61H35N5O2S/c1-3-11-38-29-42-31-44(19-17-40(42)27-36(38)9-1)65(46-21-23-50-48-13-5-7-15-54(48)67-56(50)33-46)58-26-25-52-53-35-62-61(64-60(53)69-59(52)63-58)66(47-22-24-51-49-14-6-8-16-55(49)68-57(51)34-47)45-20-18-41-28-37-10-2-4-12-39(37)30-43(41)32-45/h1-35H. The SMILES string of the molecule is c1ccc2cc3cc(N(c4ccc5c(c4)oc4ccccc45)c4ccc5c(n4)sc4nc(N(c6ccc7cc8ccccc8cc7c6)c6ccc7c(c6)oc6ccccc67)ncc45)ccc3cc2c1. The highest BCUT2D eigenvalue weighted by Gasteiger charge is 2.22. The highest BCUT2D eigenvalue weighted by molar-refractivity contribution is 7.25. The molecule has 69 heavy (non-hydrogen) atoms. The largest absolute Gasteiger partial charge is 0.456 e. The van der Waals surface area contributed by atoms with Gasteiger partial charge in [0.1, 0.15) is 37.8 Å². The van der Waals surface area contributed by atoms with Gasteiger partial charge in [0.15, 0.2) is 0 Å². The topological polar surface area (TPSA) is 71.4 Å². The maximum Gasteiger partial charge on any atom is 0.235 e. The van der Waals surface area contributed by atoms with Gasteiger partial charge in [0.05, 0.1) is 11.4 Å². The second kappa shape index (κ2) is 14.7. The number of hydrogen-bond acceptors (Lipinski definition) is 8. The van der Waals surface area contributed by atoms with E-state index < -0.39 is 0 Å². The maximum atomic E-state index is 6.44. The first-order valence-corrected chi connectivity index (χ1v) is 23.8. The van der Waals surface area contributed by atoms with Crippen molar-refractivity contribution in [1.29, 1.82) is 0 Å². The normalized spacial score (nSPS) is 12.1. The number of hydrogen-bond donors (Lipinski definition) is 0. The molecule has 7 nitrogen and oxygen atoms in total. The summed E-state index contributed by atoms with van der Waals surface area (Å²) in [5, 5.41) is 15.7. The van der Waals surface area contributed by atoms with E-state index in [9.17, 15) is 0 Å². The van der Waals surface area contributed by atoms with Crippen LogP contribution in [0.15, 0.2) is 221 Å². The second-order valence-corrected chi connectivity index (χ2v) is 18.7. The molecule has 0 amide bonds. The van der Waals surface area contributed by atoms with Crippen LogP contribution in [-0.2, 0) is 0 Å². The number of fused-ring (bicyclic) bond motifs is 13. The fraction of sp³-hybridized carbons (Fsp3) is 0. The molecule has 15 rings (SSSR count). The summed E-state index contributed by atoms with van der Waals surface area (Å²) in [6.45, 7) is 0. The van der Waals surface area contributed by atoms with Gasteiger partial charge in [0.25, 0.3) is 0 Å². The monoisotopic (exact) mass is 901 g/mol. The average Bonchev–Trinajstić information content (AvgIpc) is 4.08. The molecule has 0 radical (unpaired) electrons. The Kier molecular flexibility index (Phi) is 8.10. The zero-order valence-electron chi connectivity index (χ0n) is 36.7. The van der Waals surface area contributed by atoms with Crippen molar-refractivity contribution in [1.82, 2.24) is 15.0 Å². The van der Waals surface area contributed by atoms with Crippen molar-refractivity contribution >= 4 is 153 Å². The van der Waals surface area contributed by atoms with Gasteiger partial charge in [-0.1, -0.05) is 108 Å². The Morgan fingerprint density at radius 2 is 0.754 bits per heavy atom. The molecule has 5 heterocycles. The van der Waals surface area contributed by atoms with Crippen LogP contribution in [0.1, 0.15) is 0 Å². The van der Waals surface area contributed by atoms with Crippen molar-refractivity contribution in [3.8, 4) is 0 Å². The molecular weight excluding hydrogens is 867 g/mol. The minimum Gasteiger partial charge on any atom is -0.456 e. The number of anilines is 6. The number of aromatic nitrogens is 3. The number of benzene rings is 10. The highest BCUT2D eigenvalue weighted by atomic mass is 32.1. The summed E-state index contributed by atoms with van der Waals surface area (Å²) in [6, 6.07) is 72.7. The average molecular weight is 902 g/mol. The van der Waals surface area contributed by atoms with Crippen LogP contribution in [0, 0.1) is 0 Å². The molecule has 0 aliphatic carbocycles. The van der Waals surface area contributed by atoms with Crippen molar-refractivity contribution in [2.75, 3.05) is 9.80 Å². The molecule has 0 saturated carbocycles. The first kappa shape index (κ1) is 38.0. The Morgan fingerprint density at radius 3 is 1.35 bits per heavy atom. The van der Waals surface area contributed by atoms with Gasteiger partial charge < -0.3 is 8.83 Å². The van der Waals surface area contributed by atoms with Crippen molar-refractivity contribution in [3.05, 3.63) is 212 Å². The predicted octanol–water partition coefficient (Wildman–Crippen LogP) is 17.6. The van der Waals surface area contributed by atoms with Gasteiger partial charge in [-0.15, -0.1) is 0 Å². The van der Waals surface area contributed by atoms with E-state index in [-0.39, 0.29) is 0 Å². The molecule has 8 heteroatoms. The number of thiophene rings is 1. The fourth-order valence-electron chi connectivity index (χ4n) is 10.3. The van der Waals surface area contributed by atoms with Crippen molar-refractivity contribution in [2.24, 2.45) is 0 Å². The Balaban J connectivity index is 0.887. The van der Waals surface area contributed by atoms with E-state index in [2.05, 4.69) is 186 Å². The maximum absolute atomic E-state index is 6.44. The van der Waals surface area contributed by atoms with E-state index in [1.165, 1.54) is 26.9 Å². The number of furan rings is 2. The van der Waals surface area contributed by atoms with Crippen molar-refractivity contribution in [3.63, 3.8) is 0 Å². The molecule has 0 spiro atoms. The van der Waals surface area contributed by atoms with Crippen LogP contribution >= 0.6 is 11.3 Å². The van der Waals surface area contributed by atoms with Crippen molar-refractivity contribution in [2.45, 2.75) is 0 Å². The van der Waals surface area contributed by atoms with Crippen LogP contribution in [-0.4, -0.2) is 15.0 Å². The van der Waals surface area contributed by atoms with E-state index in [0.29, 0.717) is 5.95 Å². The van der Waals surface area contributed by atoms with Crippen LogP contribution in [0.5, 0.6) is 0 Å². The molecule has 10 aromatic carbocycles. The number of para-hydroxylation sites is 2. The van der Waals surface area contributed by atoms with Gasteiger partial charge in [-0.05, 0) is 140 Å². The van der Waals surface area contributed by atoms with Crippen LogP contribution in [0.25, 0.3) is 107 Å². The van der Waals surface area contributed by atoms with Gasteiger partial charge in [-0.2, -0.15) is 0 Å². The van der Waals surface area contributed by atoms with E-state index in [1.807, 2.05) is 36.5 Å². The molecule has 322 valence electrons. The fourth-order valence-corrected chi connectivity index (χ4v) is 11.3. The summed E-state index contributed by atoms with van der Waals surface area (Å²) in [4.78, 5) is 22.0. The quantitative estimate of drug-likeness (QED) is 0.154. The van der Waals surface area contributed by atoms with Crippen LogP contribution in [0.4, 0.5) is 34.5 Å². The second-order valence-electron chi connectivity index (χ2n) is 17.7. The lowest BCUT2D eigenvalue weighted by atomic mass is 10.0. The molecule has 0 fully saturated rings.